The molecule has 0 spiro atoms. The van der Waals surface area contributed by atoms with Gasteiger partial charge in [-0.25, -0.2) is 20.1 Å². The molecule has 160 valence electrons. The third kappa shape index (κ3) is 4.23. The monoisotopic (exact) mass is 437 g/mol. The van der Waals surface area contributed by atoms with E-state index < -0.39 is 41.5 Å². The van der Waals surface area contributed by atoms with Crippen molar-refractivity contribution < 1.29 is 27.6 Å². The molecule has 1 aliphatic heterocycles. The number of ether oxygens (including phenoxy) is 1. The lowest BCUT2D eigenvalue weighted by Gasteiger charge is -2.16. The van der Waals surface area contributed by atoms with Gasteiger partial charge in [-0.2, -0.15) is 8.42 Å². The first-order chi connectivity index (χ1) is 14.3. The summed E-state index contributed by atoms with van der Waals surface area (Å²) in [6.07, 6.45) is 1.12. The predicted molar refractivity (Wildman–Crippen MR) is 102 cm³/mol. The largest absolute Gasteiger partial charge is 0.387 e. The predicted octanol–water partition coefficient (Wildman–Crippen LogP) is -1.33. The molecule has 0 aromatic carbocycles. The van der Waals surface area contributed by atoms with Crippen LogP contribution in [0.3, 0.4) is 0 Å². The smallest absolute Gasteiger partial charge is 0.333 e. The van der Waals surface area contributed by atoms with E-state index in [9.17, 15) is 18.6 Å². The second kappa shape index (κ2) is 8.17. The lowest BCUT2D eigenvalue weighted by molar-refractivity contribution is -0.0467. The summed E-state index contributed by atoms with van der Waals surface area (Å²) in [4.78, 5) is 16.6. The highest BCUT2D eigenvalue weighted by molar-refractivity contribution is 7.84. The molecular formula is C16H19N7O6S. The molecule has 0 saturated carbocycles. The average Bonchev–Trinajstić information content (AvgIpc) is 3.27. The molecule has 1 saturated heterocycles. The van der Waals surface area contributed by atoms with Gasteiger partial charge in [0.05, 0.1) is 12.9 Å². The number of hydrogen-bond donors (Lipinski definition) is 4. The van der Waals surface area contributed by atoms with Crippen LogP contribution >= 0.6 is 0 Å². The fourth-order valence-electron chi connectivity index (χ4n) is 3.11. The third-order valence-corrected chi connectivity index (χ3v) is 5.04. The highest BCUT2D eigenvalue weighted by Crippen LogP contribution is 2.32. The molecule has 0 unspecified atom stereocenters. The van der Waals surface area contributed by atoms with Gasteiger partial charge in [0.2, 0.25) is 0 Å². The van der Waals surface area contributed by atoms with Gasteiger partial charge < -0.3 is 20.3 Å². The summed E-state index contributed by atoms with van der Waals surface area (Å²) in [6, 6.07) is 3.72. The minimum atomic E-state index is -4.22. The van der Waals surface area contributed by atoms with Gasteiger partial charge in [0.1, 0.15) is 24.6 Å². The Morgan fingerprint density at radius 3 is 2.70 bits per heavy atom. The number of nitrogens with one attached hydrogen (secondary N) is 1. The van der Waals surface area contributed by atoms with Crippen LogP contribution in [-0.2, 0) is 25.8 Å². The van der Waals surface area contributed by atoms with Gasteiger partial charge >= 0.3 is 10.3 Å². The number of pyridine rings is 1. The standard InChI is InChI=1S/C16H19N7O6S/c17-30(26,27)28-6-10-12(24)13(25)16(29-10)23-8-22-11-14(20-7-21-15(11)23)19-5-9-1-3-18-4-2-9/h1-4,7-8,10,12-13,16,24-25H,5-6H2,(H2,17,26,27)(H,19,20,21)/t10-,12-,13-,16-/m1/s1. The van der Waals surface area contributed by atoms with Crippen LogP contribution in [0.25, 0.3) is 11.2 Å². The molecule has 14 heteroatoms. The maximum atomic E-state index is 11.0. The first-order valence-corrected chi connectivity index (χ1v) is 10.3. The molecule has 3 aromatic rings. The van der Waals surface area contributed by atoms with E-state index in [0.29, 0.717) is 23.5 Å². The fourth-order valence-corrected chi connectivity index (χ4v) is 3.44. The van der Waals surface area contributed by atoms with Gasteiger partial charge in [-0.1, -0.05) is 0 Å². The van der Waals surface area contributed by atoms with Crippen molar-refractivity contribution in [1.29, 1.82) is 0 Å². The number of anilines is 1. The Morgan fingerprint density at radius 1 is 1.20 bits per heavy atom. The number of aliphatic hydroxyl groups excluding tert-OH is 2. The van der Waals surface area contributed by atoms with Crippen LogP contribution in [0.2, 0.25) is 0 Å². The first kappa shape index (κ1) is 20.5. The van der Waals surface area contributed by atoms with E-state index in [1.54, 1.807) is 12.4 Å². The molecule has 0 bridgehead atoms. The molecule has 4 rings (SSSR count). The van der Waals surface area contributed by atoms with Crippen molar-refractivity contribution in [2.45, 2.75) is 31.1 Å². The maximum Gasteiger partial charge on any atom is 0.333 e. The quantitative estimate of drug-likeness (QED) is 0.343. The van der Waals surface area contributed by atoms with E-state index in [2.05, 4.69) is 29.4 Å². The van der Waals surface area contributed by atoms with E-state index in [0.717, 1.165) is 5.56 Å². The van der Waals surface area contributed by atoms with Gasteiger partial charge in [-0.05, 0) is 17.7 Å². The van der Waals surface area contributed by atoms with Crippen LogP contribution in [0.4, 0.5) is 5.82 Å². The van der Waals surface area contributed by atoms with Crippen molar-refractivity contribution in [1.82, 2.24) is 24.5 Å². The topological polar surface area (TPSA) is 188 Å². The molecule has 3 aromatic heterocycles. The summed E-state index contributed by atoms with van der Waals surface area (Å²) in [5, 5.41) is 28.5. The molecule has 30 heavy (non-hydrogen) atoms. The summed E-state index contributed by atoms with van der Waals surface area (Å²) in [6.45, 7) is -0.0658. The third-order valence-electron chi connectivity index (χ3n) is 4.58. The number of rotatable bonds is 7. The SMILES string of the molecule is NS(=O)(=O)OC[C@H]1O[C@@H](n2cnc3c(NCc4ccncc4)ncnc32)[C@H](O)[C@@H]1O. The van der Waals surface area contributed by atoms with Crippen LogP contribution in [0, 0.1) is 0 Å². The molecular weight excluding hydrogens is 418 g/mol. The molecule has 0 aliphatic carbocycles. The van der Waals surface area contributed by atoms with Gasteiger partial charge in [0, 0.05) is 18.9 Å². The summed E-state index contributed by atoms with van der Waals surface area (Å²) < 4.78 is 33.4. The van der Waals surface area contributed by atoms with E-state index in [1.807, 2.05) is 12.1 Å². The highest BCUT2D eigenvalue weighted by atomic mass is 32.2. The van der Waals surface area contributed by atoms with Crippen molar-refractivity contribution in [3.63, 3.8) is 0 Å². The Bertz CT molecular complexity index is 1130. The number of aliphatic hydroxyl groups is 2. The number of imidazole rings is 1. The molecule has 1 aliphatic rings. The maximum absolute atomic E-state index is 11.0. The number of hydrogen-bond acceptors (Lipinski definition) is 11. The second-order valence-electron chi connectivity index (χ2n) is 6.58. The number of nitrogens with zero attached hydrogens (tertiary/aromatic N) is 5. The minimum Gasteiger partial charge on any atom is -0.387 e. The summed E-state index contributed by atoms with van der Waals surface area (Å²) in [5.74, 6) is 0.470. The zero-order valence-corrected chi connectivity index (χ0v) is 16.3. The van der Waals surface area contributed by atoms with Gasteiger partial charge in [0.25, 0.3) is 0 Å². The van der Waals surface area contributed by atoms with Crippen LogP contribution in [0.5, 0.6) is 0 Å². The van der Waals surface area contributed by atoms with E-state index in [-0.39, 0.29) is 0 Å². The zero-order valence-electron chi connectivity index (χ0n) is 15.4. The van der Waals surface area contributed by atoms with Crippen molar-refractivity contribution in [2.75, 3.05) is 11.9 Å². The van der Waals surface area contributed by atoms with Crippen LogP contribution in [0.1, 0.15) is 11.8 Å². The molecule has 4 heterocycles. The molecule has 1 fully saturated rings. The molecule has 13 nitrogen and oxygen atoms in total. The number of nitrogens with two attached hydrogens (primary N) is 1. The normalized spacial score (nSPS) is 24.4. The van der Waals surface area contributed by atoms with Gasteiger partial charge in [-0.3, -0.25) is 13.7 Å². The van der Waals surface area contributed by atoms with Crippen molar-refractivity contribution >= 4 is 27.3 Å². The molecule has 5 N–H and O–H groups in total. The van der Waals surface area contributed by atoms with Crippen LogP contribution in [0.15, 0.2) is 37.2 Å². The van der Waals surface area contributed by atoms with Crippen molar-refractivity contribution in [3.05, 3.63) is 42.7 Å². The van der Waals surface area contributed by atoms with Crippen LogP contribution in [-0.4, -0.2) is 68.1 Å². The van der Waals surface area contributed by atoms with Crippen molar-refractivity contribution in [3.8, 4) is 0 Å². The minimum absolute atomic E-state index is 0.353. The van der Waals surface area contributed by atoms with Gasteiger partial charge in [-0.15, -0.1) is 0 Å². The van der Waals surface area contributed by atoms with E-state index >= 15 is 0 Å². The summed E-state index contributed by atoms with van der Waals surface area (Å²) >= 11 is 0. The summed E-state index contributed by atoms with van der Waals surface area (Å²) in [7, 11) is -4.22. The molecule has 0 radical (unpaired) electrons. The van der Waals surface area contributed by atoms with E-state index in [1.165, 1.54) is 17.2 Å². The molecule has 4 atom stereocenters. The Kier molecular flexibility index (Phi) is 5.59. The first-order valence-electron chi connectivity index (χ1n) is 8.82. The Morgan fingerprint density at radius 2 is 1.97 bits per heavy atom. The van der Waals surface area contributed by atoms with Crippen molar-refractivity contribution in [2.24, 2.45) is 5.14 Å². The lowest BCUT2D eigenvalue weighted by Crippen LogP contribution is -2.35. The summed E-state index contributed by atoms with van der Waals surface area (Å²) in [5.41, 5.74) is 1.78. The zero-order chi connectivity index (χ0) is 21.3. The lowest BCUT2D eigenvalue weighted by atomic mass is 10.1. The second-order valence-corrected chi connectivity index (χ2v) is 7.80. The number of aromatic nitrogens is 5. The Hall–Kier alpha value is -2.75. The van der Waals surface area contributed by atoms with Gasteiger partial charge in [0.15, 0.2) is 23.2 Å². The van der Waals surface area contributed by atoms with E-state index in [4.69, 9.17) is 9.88 Å². The number of fused-ring (bicyclic) bond motifs is 1. The fraction of sp³-hybridized carbons (Fsp3) is 0.375. The molecule has 0 amide bonds. The highest BCUT2D eigenvalue weighted by Gasteiger charge is 2.44. The average molecular weight is 437 g/mol. The van der Waals surface area contributed by atoms with Crippen LogP contribution < -0.4 is 10.5 Å². The Balaban J connectivity index is 1.55. The Labute approximate surface area is 170 Å².